The average Bonchev–Trinajstić information content (AvgIpc) is 2.39. The van der Waals surface area contributed by atoms with Gasteiger partial charge in [-0.2, -0.15) is 0 Å². The highest BCUT2D eigenvalue weighted by atomic mass is 79.9. The molecule has 1 saturated heterocycles. The second-order valence-corrected chi connectivity index (χ2v) is 5.41. The molecule has 17 heavy (non-hydrogen) atoms. The topological polar surface area (TPSA) is 43.7 Å². The smallest absolute Gasteiger partial charge is 0.0682 e. The molecule has 0 aromatic heterocycles. The molecule has 0 aliphatic carbocycles. The van der Waals surface area contributed by atoms with Crippen LogP contribution in [0.1, 0.15) is 18.4 Å². The third-order valence-corrected chi connectivity index (χ3v) is 4.04. The van der Waals surface area contributed by atoms with Crippen LogP contribution in [0.15, 0.2) is 22.7 Å². The highest BCUT2D eigenvalue weighted by Gasteiger charge is 2.19. The van der Waals surface area contributed by atoms with E-state index < -0.39 is 0 Å². The molecule has 0 saturated carbocycles. The number of anilines is 1. The summed E-state index contributed by atoms with van der Waals surface area (Å²) in [5.74, 6) is 0.460. The fourth-order valence-electron chi connectivity index (χ4n) is 2.26. The van der Waals surface area contributed by atoms with E-state index in [-0.39, 0.29) is 6.61 Å². The highest BCUT2D eigenvalue weighted by Crippen LogP contribution is 2.30. The second-order valence-electron chi connectivity index (χ2n) is 4.56. The van der Waals surface area contributed by atoms with E-state index in [1.54, 1.807) is 0 Å². The Kier molecular flexibility index (Phi) is 4.42. The number of hydrogen-bond acceptors (Lipinski definition) is 3. The fourth-order valence-corrected chi connectivity index (χ4v) is 2.94. The summed E-state index contributed by atoms with van der Waals surface area (Å²) in [6.07, 6.45) is 2.09. The lowest BCUT2D eigenvalue weighted by Crippen LogP contribution is -2.34. The van der Waals surface area contributed by atoms with Crippen LogP contribution in [0.5, 0.6) is 0 Å². The molecule has 0 amide bonds. The van der Waals surface area contributed by atoms with Crippen molar-refractivity contribution >= 4 is 21.6 Å². The minimum absolute atomic E-state index is 0.0749. The highest BCUT2D eigenvalue weighted by molar-refractivity contribution is 9.10. The first kappa shape index (κ1) is 12.9. The van der Waals surface area contributed by atoms with Crippen molar-refractivity contribution in [1.82, 2.24) is 0 Å². The predicted molar refractivity (Wildman–Crippen MR) is 72.1 cm³/mol. The summed E-state index contributed by atoms with van der Waals surface area (Å²) in [5.41, 5.74) is 2.10. The number of aliphatic hydroxyl groups excluding tert-OH is 2. The fraction of sp³-hybridized carbons (Fsp3) is 0.538. The molecule has 1 fully saturated rings. The first-order valence-electron chi connectivity index (χ1n) is 5.99. The first-order valence-corrected chi connectivity index (χ1v) is 6.79. The normalized spacial score (nSPS) is 17.5. The zero-order valence-corrected chi connectivity index (χ0v) is 11.4. The summed E-state index contributed by atoms with van der Waals surface area (Å²) in [4.78, 5) is 2.33. The van der Waals surface area contributed by atoms with E-state index >= 15 is 0 Å². The van der Waals surface area contributed by atoms with E-state index in [0.717, 1.165) is 36.0 Å². The van der Waals surface area contributed by atoms with Crippen molar-refractivity contribution in [2.45, 2.75) is 19.4 Å². The predicted octanol–water partition coefficient (Wildman–Crippen LogP) is 2.15. The largest absolute Gasteiger partial charge is 0.396 e. The van der Waals surface area contributed by atoms with Gasteiger partial charge < -0.3 is 15.1 Å². The van der Waals surface area contributed by atoms with Crippen LogP contribution in [-0.4, -0.2) is 29.9 Å². The summed E-state index contributed by atoms with van der Waals surface area (Å²) < 4.78 is 1.03. The molecular weight excluding hydrogens is 282 g/mol. The molecule has 0 atom stereocenters. The van der Waals surface area contributed by atoms with E-state index in [4.69, 9.17) is 10.2 Å². The Balaban J connectivity index is 2.08. The Morgan fingerprint density at radius 3 is 2.47 bits per heavy atom. The molecular formula is C13H18BrNO2. The standard InChI is InChI=1S/C13H18BrNO2/c14-12-7-11(9-17)1-2-13(12)15-5-3-10(8-16)4-6-15/h1-2,7,10,16-17H,3-6,8-9H2. The van der Waals surface area contributed by atoms with Crippen LogP contribution < -0.4 is 4.90 Å². The van der Waals surface area contributed by atoms with Gasteiger partial charge in [-0.1, -0.05) is 6.07 Å². The average molecular weight is 300 g/mol. The van der Waals surface area contributed by atoms with E-state index in [2.05, 4.69) is 26.9 Å². The molecule has 3 nitrogen and oxygen atoms in total. The molecule has 0 spiro atoms. The number of benzene rings is 1. The summed E-state index contributed by atoms with van der Waals surface area (Å²) >= 11 is 3.55. The summed E-state index contributed by atoms with van der Waals surface area (Å²) in [7, 11) is 0. The Labute approximate surface area is 110 Å². The van der Waals surface area contributed by atoms with Crippen LogP contribution in [0, 0.1) is 5.92 Å². The third kappa shape index (κ3) is 3.00. The maximum atomic E-state index is 9.12. The SMILES string of the molecule is OCc1ccc(N2CCC(CO)CC2)c(Br)c1. The number of nitrogens with zero attached hydrogens (tertiary/aromatic N) is 1. The van der Waals surface area contributed by atoms with Gasteiger partial charge in [-0.05, 0) is 52.4 Å². The zero-order chi connectivity index (χ0) is 12.3. The van der Waals surface area contributed by atoms with E-state index in [1.807, 2.05) is 12.1 Å². The van der Waals surface area contributed by atoms with Crippen LogP contribution in [-0.2, 0) is 6.61 Å². The van der Waals surface area contributed by atoms with Gasteiger partial charge in [0.15, 0.2) is 0 Å². The lowest BCUT2D eigenvalue weighted by Gasteiger charge is -2.33. The van der Waals surface area contributed by atoms with Crippen molar-refractivity contribution in [3.05, 3.63) is 28.2 Å². The van der Waals surface area contributed by atoms with Crippen LogP contribution in [0.25, 0.3) is 0 Å². The minimum atomic E-state index is 0.0749. The van der Waals surface area contributed by atoms with Gasteiger partial charge in [0.2, 0.25) is 0 Å². The molecule has 4 heteroatoms. The van der Waals surface area contributed by atoms with E-state index in [1.165, 1.54) is 5.69 Å². The molecule has 94 valence electrons. The van der Waals surface area contributed by atoms with Gasteiger partial charge in [0.25, 0.3) is 0 Å². The lowest BCUT2D eigenvalue weighted by molar-refractivity contribution is 0.203. The number of aliphatic hydroxyl groups is 2. The number of hydrogen-bond donors (Lipinski definition) is 2. The van der Waals surface area contributed by atoms with Crippen molar-refractivity contribution in [2.24, 2.45) is 5.92 Å². The van der Waals surface area contributed by atoms with Crippen molar-refractivity contribution in [1.29, 1.82) is 0 Å². The van der Waals surface area contributed by atoms with Gasteiger partial charge >= 0.3 is 0 Å². The van der Waals surface area contributed by atoms with Gasteiger partial charge in [-0.3, -0.25) is 0 Å². The molecule has 0 radical (unpaired) electrons. The van der Waals surface area contributed by atoms with Gasteiger partial charge in [-0.25, -0.2) is 0 Å². The minimum Gasteiger partial charge on any atom is -0.396 e. The lowest BCUT2D eigenvalue weighted by atomic mass is 9.97. The molecule has 1 aromatic carbocycles. The Morgan fingerprint density at radius 2 is 1.94 bits per heavy atom. The Morgan fingerprint density at radius 1 is 1.24 bits per heavy atom. The van der Waals surface area contributed by atoms with Gasteiger partial charge in [0.05, 0.1) is 12.3 Å². The number of piperidine rings is 1. The summed E-state index contributed by atoms with van der Waals surface area (Å²) in [6.45, 7) is 2.36. The first-order chi connectivity index (χ1) is 8.24. The number of rotatable bonds is 3. The van der Waals surface area contributed by atoms with Crippen molar-refractivity contribution < 1.29 is 10.2 Å². The molecule has 2 N–H and O–H groups in total. The molecule has 2 rings (SSSR count). The van der Waals surface area contributed by atoms with Gasteiger partial charge in [0.1, 0.15) is 0 Å². The summed E-state index contributed by atoms with van der Waals surface area (Å²) in [5, 5.41) is 18.2. The molecule has 1 heterocycles. The van der Waals surface area contributed by atoms with E-state index in [0.29, 0.717) is 12.5 Å². The molecule has 0 bridgehead atoms. The van der Waals surface area contributed by atoms with Crippen molar-refractivity contribution in [3.8, 4) is 0 Å². The second kappa shape index (κ2) is 5.85. The van der Waals surface area contributed by atoms with E-state index in [9.17, 15) is 0 Å². The van der Waals surface area contributed by atoms with Crippen LogP contribution in [0.4, 0.5) is 5.69 Å². The quantitative estimate of drug-likeness (QED) is 0.899. The third-order valence-electron chi connectivity index (χ3n) is 3.41. The van der Waals surface area contributed by atoms with Crippen LogP contribution in [0.2, 0.25) is 0 Å². The van der Waals surface area contributed by atoms with Crippen molar-refractivity contribution in [3.63, 3.8) is 0 Å². The van der Waals surface area contributed by atoms with Gasteiger partial charge in [-0.15, -0.1) is 0 Å². The zero-order valence-electron chi connectivity index (χ0n) is 9.77. The Hall–Kier alpha value is -0.580. The Bertz CT molecular complexity index is 376. The molecule has 1 aliphatic rings. The molecule has 0 unspecified atom stereocenters. The van der Waals surface area contributed by atoms with Gasteiger partial charge in [0, 0.05) is 24.2 Å². The van der Waals surface area contributed by atoms with Crippen molar-refractivity contribution in [2.75, 3.05) is 24.6 Å². The maximum Gasteiger partial charge on any atom is 0.0682 e. The summed E-state index contributed by atoms with van der Waals surface area (Å²) in [6, 6.07) is 5.97. The monoisotopic (exact) mass is 299 g/mol. The molecule has 1 aromatic rings. The molecule has 1 aliphatic heterocycles. The van der Waals surface area contributed by atoms with Crippen LogP contribution in [0.3, 0.4) is 0 Å². The maximum absolute atomic E-state index is 9.12. The number of halogens is 1. The van der Waals surface area contributed by atoms with Crippen LogP contribution >= 0.6 is 15.9 Å².